The Labute approximate surface area is 195 Å². The zero-order chi connectivity index (χ0) is 22.5. The maximum Gasteiger partial charge on any atom is 0.344 e. The van der Waals surface area contributed by atoms with Gasteiger partial charge in [0.05, 0.1) is 22.1 Å². The summed E-state index contributed by atoms with van der Waals surface area (Å²) < 4.78 is 11.5. The van der Waals surface area contributed by atoms with Gasteiger partial charge < -0.3 is 9.47 Å². The SMILES string of the molecule is CCOC(=O)COc1ccc(Br)cc1/C=C1\SC(=S)N(c2ccc([N+](=O)[O-])cc2)C1=O. The normalized spacial score (nSPS) is 14.8. The number of amides is 1. The van der Waals surface area contributed by atoms with E-state index in [1.165, 1.54) is 29.2 Å². The van der Waals surface area contributed by atoms with Gasteiger partial charge in [-0.2, -0.15) is 0 Å². The molecule has 0 unspecified atom stereocenters. The number of thiocarbonyl (C=S) groups is 1. The quantitative estimate of drug-likeness (QED) is 0.169. The number of benzene rings is 2. The van der Waals surface area contributed by atoms with Crippen LogP contribution in [0.3, 0.4) is 0 Å². The van der Waals surface area contributed by atoms with E-state index in [2.05, 4.69) is 15.9 Å². The molecule has 0 aliphatic carbocycles. The molecule has 3 rings (SSSR count). The van der Waals surface area contributed by atoms with E-state index in [-0.39, 0.29) is 24.8 Å². The lowest BCUT2D eigenvalue weighted by molar-refractivity contribution is -0.384. The van der Waals surface area contributed by atoms with E-state index in [1.54, 1.807) is 31.2 Å². The molecule has 1 heterocycles. The lowest BCUT2D eigenvalue weighted by Crippen LogP contribution is -2.27. The third-order valence-electron chi connectivity index (χ3n) is 4.02. The highest BCUT2D eigenvalue weighted by Crippen LogP contribution is 2.38. The lowest BCUT2D eigenvalue weighted by atomic mass is 10.2. The molecule has 1 aliphatic heterocycles. The van der Waals surface area contributed by atoms with Crippen molar-refractivity contribution in [2.75, 3.05) is 18.1 Å². The number of rotatable bonds is 7. The summed E-state index contributed by atoms with van der Waals surface area (Å²) in [6, 6.07) is 10.7. The molecule has 0 atom stereocenters. The molecule has 1 saturated heterocycles. The number of ether oxygens (including phenoxy) is 2. The lowest BCUT2D eigenvalue weighted by Gasteiger charge is -2.14. The minimum absolute atomic E-state index is 0.0812. The molecule has 0 bridgehead atoms. The van der Waals surface area contributed by atoms with E-state index in [1.807, 2.05) is 0 Å². The van der Waals surface area contributed by atoms with Gasteiger partial charge in [-0.05, 0) is 43.3 Å². The maximum absolute atomic E-state index is 13.0. The van der Waals surface area contributed by atoms with Gasteiger partial charge in [0.25, 0.3) is 11.6 Å². The first-order valence-electron chi connectivity index (χ1n) is 8.90. The highest BCUT2D eigenvalue weighted by Gasteiger charge is 2.33. The predicted molar refractivity (Wildman–Crippen MR) is 125 cm³/mol. The Hall–Kier alpha value is -2.76. The van der Waals surface area contributed by atoms with Crippen molar-refractivity contribution in [3.05, 3.63) is 67.5 Å². The Kier molecular flexibility index (Phi) is 7.42. The summed E-state index contributed by atoms with van der Waals surface area (Å²) >= 11 is 9.83. The zero-order valence-corrected chi connectivity index (χ0v) is 19.3. The van der Waals surface area contributed by atoms with Crippen LogP contribution in [0.15, 0.2) is 51.8 Å². The van der Waals surface area contributed by atoms with Gasteiger partial charge in [-0.25, -0.2) is 4.79 Å². The van der Waals surface area contributed by atoms with Crippen molar-refractivity contribution in [3.8, 4) is 5.75 Å². The molecule has 0 radical (unpaired) electrons. The predicted octanol–water partition coefficient (Wildman–Crippen LogP) is 4.71. The van der Waals surface area contributed by atoms with Crippen molar-refractivity contribution in [2.45, 2.75) is 6.92 Å². The second-order valence-electron chi connectivity index (χ2n) is 6.07. The van der Waals surface area contributed by atoms with Crippen LogP contribution < -0.4 is 9.64 Å². The number of nitro groups is 1. The Morgan fingerprint density at radius 2 is 2.00 bits per heavy atom. The summed E-state index contributed by atoms with van der Waals surface area (Å²) in [7, 11) is 0. The van der Waals surface area contributed by atoms with Gasteiger partial charge in [-0.1, -0.05) is 39.9 Å². The molecule has 0 spiro atoms. The smallest absolute Gasteiger partial charge is 0.344 e. The maximum atomic E-state index is 13.0. The summed E-state index contributed by atoms with van der Waals surface area (Å²) in [5.74, 6) is -0.460. The number of anilines is 1. The first kappa shape index (κ1) is 22.9. The summed E-state index contributed by atoms with van der Waals surface area (Å²) in [5.41, 5.74) is 0.926. The van der Waals surface area contributed by atoms with Crippen LogP contribution >= 0.6 is 39.9 Å². The van der Waals surface area contributed by atoms with Gasteiger partial charge in [-0.15, -0.1) is 0 Å². The number of nitrogens with zero attached hydrogens (tertiary/aromatic N) is 2. The average molecular weight is 523 g/mol. The minimum Gasteiger partial charge on any atom is -0.481 e. The number of nitro benzene ring substituents is 1. The summed E-state index contributed by atoms with van der Waals surface area (Å²) in [6.07, 6.45) is 1.62. The molecule has 2 aromatic carbocycles. The number of thioether (sulfide) groups is 1. The summed E-state index contributed by atoms with van der Waals surface area (Å²) in [6.45, 7) is 1.69. The van der Waals surface area contributed by atoms with Crippen LogP contribution in [-0.4, -0.2) is 34.3 Å². The fourth-order valence-electron chi connectivity index (χ4n) is 2.66. The van der Waals surface area contributed by atoms with Crippen molar-refractivity contribution < 1.29 is 24.0 Å². The van der Waals surface area contributed by atoms with Crippen molar-refractivity contribution in [1.29, 1.82) is 0 Å². The van der Waals surface area contributed by atoms with Gasteiger partial charge in [0.2, 0.25) is 0 Å². The number of esters is 1. The third kappa shape index (κ3) is 5.49. The van der Waals surface area contributed by atoms with Gasteiger partial charge in [0.15, 0.2) is 10.9 Å². The van der Waals surface area contributed by atoms with E-state index in [9.17, 15) is 19.7 Å². The topological polar surface area (TPSA) is 99.0 Å². The molecule has 31 heavy (non-hydrogen) atoms. The number of non-ortho nitro benzene ring substituents is 1. The third-order valence-corrected chi connectivity index (χ3v) is 5.82. The second kappa shape index (κ2) is 10.0. The number of halogens is 1. The molecule has 1 fully saturated rings. The summed E-state index contributed by atoms with van der Waals surface area (Å²) in [4.78, 5) is 36.6. The molecule has 11 heteroatoms. The molecular formula is C20H15BrN2O6S2. The van der Waals surface area contributed by atoms with Crippen LogP contribution in [0.5, 0.6) is 5.75 Å². The number of carbonyl (C=O) groups excluding carboxylic acids is 2. The van der Waals surface area contributed by atoms with Crippen LogP contribution in [0.4, 0.5) is 11.4 Å². The Bertz CT molecular complexity index is 1090. The Balaban J connectivity index is 1.86. The highest BCUT2D eigenvalue weighted by molar-refractivity contribution is 9.10. The molecule has 0 N–H and O–H groups in total. The highest BCUT2D eigenvalue weighted by atomic mass is 79.9. The van der Waals surface area contributed by atoms with Crippen LogP contribution in [0.25, 0.3) is 6.08 Å². The minimum atomic E-state index is -0.515. The zero-order valence-electron chi connectivity index (χ0n) is 16.1. The van der Waals surface area contributed by atoms with E-state index < -0.39 is 10.9 Å². The molecule has 160 valence electrons. The second-order valence-corrected chi connectivity index (χ2v) is 8.66. The number of hydrogen-bond donors (Lipinski definition) is 0. The fourth-order valence-corrected chi connectivity index (χ4v) is 4.33. The van der Waals surface area contributed by atoms with Crippen LogP contribution in [0, 0.1) is 10.1 Å². The molecule has 1 aliphatic rings. The standard InChI is InChI=1S/C20H15BrN2O6S2/c1-2-28-18(24)11-29-16-8-3-13(21)9-12(16)10-17-19(25)22(20(30)31-17)14-4-6-15(7-5-14)23(26)27/h3-10H,2,11H2,1H3/b17-10-. The van der Waals surface area contributed by atoms with Crippen molar-refractivity contribution in [3.63, 3.8) is 0 Å². The van der Waals surface area contributed by atoms with E-state index in [4.69, 9.17) is 21.7 Å². The molecule has 0 saturated carbocycles. The molecule has 1 amide bonds. The van der Waals surface area contributed by atoms with Gasteiger partial charge in [0.1, 0.15) is 5.75 Å². The first-order chi connectivity index (χ1) is 14.8. The fraction of sp³-hybridized carbons (Fsp3) is 0.150. The average Bonchev–Trinajstić information content (AvgIpc) is 3.00. The van der Waals surface area contributed by atoms with E-state index in [0.717, 1.165) is 16.2 Å². The monoisotopic (exact) mass is 522 g/mol. The molecule has 2 aromatic rings. The van der Waals surface area contributed by atoms with Gasteiger partial charge >= 0.3 is 5.97 Å². The molecule has 0 aromatic heterocycles. The summed E-state index contributed by atoms with van der Waals surface area (Å²) in [5, 5.41) is 10.9. The number of carbonyl (C=O) groups is 2. The van der Waals surface area contributed by atoms with E-state index >= 15 is 0 Å². The van der Waals surface area contributed by atoms with Gasteiger partial charge in [0, 0.05) is 22.2 Å². The largest absolute Gasteiger partial charge is 0.481 e. The Morgan fingerprint density at radius 1 is 1.29 bits per heavy atom. The molecular weight excluding hydrogens is 508 g/mol. The van der Waals surface area contributed by atoms with Crippen molar-refractivity contribution >= 4 is 73.6 Å². The Morgan fingerprint density at radius 3 is 2.65 bits per heavy atom. The van der Waals surface area contributed by atoms with Crippen LogP contribution in [-0.2, 0) is 14.3 Å². The molecule has 8 nitrogen and oxygen atoms in total. The van der Waals surface area contributed by atoms with E-state index in [0.29, 0.717) is 26.2 Å². The van der Waals surface area contributed by atoms with Crippen molar-refractivity contribution in [2.24, 2.45) is 0 Å². The van der Waals surface area contributed by atoms with Gasteiger partial charge in [-0.3, -0.25) is 19.8 Å². The first-order valence-corrected chi connectivity index (χ1v) is 10.9. The number of hydrogen-bond acceptors (Lipinski definition) is 8. The van der Waals surface area contributed by atoms with Crippen molar-refractivity contribution in [1.82, 2.24) is 0 Å². The van der Waals surface area contributed by atoms with Crippen LogP contribution in [0.1, 0.15) is 12.5 Å². The van der Waals surface area contributed by atoms with Crippen LogP contribution in [0.2, 0.25) is 0 Å².